The van der Waals surface area contributed by atoms with Crippen LogP contribution in [0.25, 0.3) is 0 Å². The number of rotatable bonds is 12. The second-order valence-electron chi connectivity index (χ2n) is 6.36. The Kier molecular flexibility index (Phi) is 11.1. The van der Waals surface area contributed by atoms with Gasteiger partial charge in [0.1, 0.15) is 0 Å². The number of hydrogen-bond acceptors (Lipinski definition) is 5. The molecule has 0 radical (unpaired) electrons. The molecule has 132 valence electrons. The van der Waals surface area contributed by atoms with Crippen molar-refractivity contribution in [2.45, 2.75) is 20.8 Å². The third kappa shape index (κ3) is 8.44. The molecule has 0 spiro atoms. The molecule has 1 fully saturated rings. The van der Waals surface area contributed by atoms with Gasteiger partial charge in [0.15, 0.2) is 0 Å². The maximum atomic E-state index is 3.61. The predicted molar refractivity (Wildman–Crippen MR) is 96.7 cm³/mol. The third-order valence-electron chi connectivity index (χ3n) is 4.91. The van der Waals surface area contributed by atoms with Crippen LogP contribution in [0.1, 0.15) is 20.8 Å². The Hall–Kier alpha value is -0.200. The molecule has 1 saturated heterocycles. The summed E-state index contributed by atoms with van der Waals surface area (Å²) in [6.07, 6.45) is 0. The first-order valence-electron chi connectivity index (χ1n) is 9.25. The van der Waals surface area contributed by atoms with Crippen LogP contribution in [-0.4, -0.2) is 112 Å². The average Bonchev–Trinajstić information content (AvgIpc) is 2.57. The summed E-state index contributed by atoms with van der Waals surface area (Å²) in [4.78, 5) is 10.1. The smallest absolute Gasteiger partial charge is 0.0110 e. The minimum atomic E-state index is 1.11. The Morgan fingerprint density at radius 3 is 2.09 bits per heavy atom. The first-order valence-corrected chi connectivity index (χ1v) is 9.25. The van der Waals surface area contributed by atoms with Crippen molar-refractivity contribution in [3.8, 4) is 0 Å². The van der Waals surface area contributed by atoms with Crippen molar-refractivity contribution in [1.82, 2.24) is 24.9 Å². The van der Waals surface area contributed by atoms with Gasteiger partial charge in [0.2, 0.25) is 0 Å². The largest absolute Gasteiger partial charge is 0.314 e. The summed E-state index contributed by atoms with van der Waals surface area (Å²) in [5, 5.41) is 3.61. The monoisotopic (exact) mass is 313 g/mol. The van der Waals surface area contributed by atoms with Gasteiger partial charge in [-0.15, -0.1) is 0 Å². The van der Waals surface area contributed by atoms with Crippen LogP contribution in [0, 0.1) is 0 Å². The summed E-state index contributed by atoms with van der Waals surface area (Å²) in [6.45, 7) is 22.1. The number of likely N-dealkylation sites (N-methyl/N-ethyl adjacent to an activating group) is 3. The van der Waals surface area contributed by atoms with Crippen LogP contribution in [0.2, 0.25) is 0 Å². The normalized spacial score (nSPS) is 17.7. The number of hydrogen-bond donors (Lipinski definition) is 1. The average molecular weight is 314 g/mol. The molecular weight excluding hydrogens is 274 g/mol. The molecule has 0 amide bonds. The molecule has 1 aliphatic rings. The minimum absolute atomic E-state index is 1.11. The summed E-state index contributed by atoms with van der Waals surface area (Å²) in [5.41, 5.74) is 0. The molecule has 5 nitrogen and oxygen atoms in total. The Bertz CT molecular complexity index is 253. The second kappa shape index (κ2) is 12.3. The molecule has 1 rings (SSSR count). The zero-order chi connectivity index (χ0) is 16.2. The highest BCUT2D eigenvalue weighted by Crippen LogP contribution is 1.99. The van der Waals surface area contributed by atoms with E-state index in [0.717, 1.165) is 32.7 Å². The van der Waals surface area contributed by atoms with Crippen LogP contribution in [0.15, 0.2) is 0 Å². The molecule has 0 bridgehead atoms. The molecule has 0 aromatic heterocycles. The van der Waals surface area contributed by atoms with E-state index < -0.39 is 0 Å². The van der Waals surface area contributed by atoms with Crippen molar-refractivity contribution < 1.29 is 0 Å². The van der Waals surface area contributed by atoms with E-state index in [2.05, 4.69) is 52.7 Å². The fourth-order valence-corrected chi connectivity index (χ4v) is 2.83. The van der Waals surface area contributed by atoms with Gasteiger partial charge in [-0.3, -0.25) is 4.90 Å². The van der Waals surface area contributed by atoms with Crippen molar-refractivity contribution in [2.75, 3.05) is 92.1 Å². The van der Waals surface area contributed by atoms with Gasteiger partial charge >= 0.3 is 0 Å². The van der Waals surface area contributed by atoms with Crippen LogP contribution in [-0.2, 0) is 0 Å². The van der Waals surface area contributed by atoms with Gasteiger partial charge in [-0.2, -0.15) is 0 Å². The maximum absolute atomic E-state index is 3.61. The lowest BCUT2D eigenvalue weighted by atomic mass is 10.3. The van der Waals surface area contributed by atoms with Crippen molar-refractivity contribution in [2.24, 2.45) is 0 Å². The fraction of sp³-hybridized carbons (Fsp3) is 1.00. The van der Waals surface area contributed by atoms with E-state index in [1.54, 1.807) is 0 Å². The lowest BCUT2D eigenvalue weighted by molar-refractivity contribution is 0.137. The molecule has 0 aromatic rings. The molecule has 0 saturated carbocycles. The Balaban J connectivity index is 1.99. The summed E-state index contributed by atoms with van der Waals surface area (Å²) >= 11 is 0. The van der Waals surface area contributed by atoms with E-state index in [9.17, 15) is 0 Å². The molecule has 1 N–H and O–H groups in total. The zero-order valence-corrected chi connectivity index (χ0v) is 15.5. The van der Waals surface area contributed by atoms with Gasteiger partial charge in [-0.25, -0.2) is 0 Å². The van der Waals surface area contributed by atoms with Crippen molar-refractivity contribution in [3.05, 3.63) is 0 Å². The molecular formula is C17H39N5. The highest BCUT2D eigenvalue weighted by molar-refractivity contribution is 4.71. The van der Waals surface area contributed by atoms with Crippen molar-refractivity contribution in [3.63, 3.8) is 0 Å². The number of nitrogens with zero attached hydrogens (tertiary/aromatic N) is 4. The Labute approximate surface area is 138 Å². The Morgan fingerprint density at radius 1 is 0.818 bits per heavy atom. The fourth-order valence-electron chi connectivity index (χ4n) is 2.83. The highest BCUT2D eigenvalue weighted by atomic mass is 15.3. The quantitative estimate of drug-likeness (QED) is 0.529. The van der Waals surface area contributed by atoms with E-state index in [4.69, 9.17) is 0 Å². The standard InChI is InChI=1S/C17H39N5/c1-5-19(4)12-13-20(6-2)10-8-18-9-11-22-16-14-21(7-3)15-17-22/h18H,5-17H2,1-4H3. The number of nitrogens with one attached hydrogen (secondary N) is 1. The maximum Gasteiger partial charge on any atom is 0.0110 e. The zero-order valence-electron chi connectivity index (χ0n) is 15.5. The van der Waals surface area contributed by atoms with E-state index >= 15 is 0 Å². The van der Waals surface area contributed by atoms with Gasteiger partial charge in [-0.1, -0.05) is 20.8 Å². The SMILES string of the molecule is CCN(C)CCN(CC)CCNCCN1CCN(CC)CC1. The summed E-state index contributed by atoms with van der Waals surface area (Å²) in [7, 11) is 2.20. The highest BCUT2D eigenvalue weighted by Gasteiger charge is 2.14. The molecule has 0 unspecified atom stereocenters. The van der Waals surface area contributed by atoms with Gasteiger partial charge in [0.05, 0.1) is 0 Å². The van der Waals surface area contributed by atoms with Gasteiger partial charge < -0.3 is 20.0 Å². The first kappa shape index (κ1) is 19.8. The molecule has 0 atom stereocenters. The molecule has 1 aliphatic heterocycles. The van der Waals surface area contributed by atoms with Crippen LogP contribution in [0.3, 0.4) is 0 Å². The minimum Gasteiger partial charge on any atom is -0.314 e. The molecule has 0 aliphatic carbocycles. The predicted octanol–water partition coefficient (Wildman–Crippen LogP) is 0.487. The number of piperazine rings is 1. The topological polar surface area (TPSA) is 25.0 Å². The van der Waals surface area contributed by atoms with E-state index in [0.29, 0.717) is 0 Å². The van der Waals surface area contributed by atoms with Gasteiger partial charge in [0.25, 0.3) is 0 Å². The molecule has 5 heteroatoms. The lowest BCUT2D eigenvalue weighted by Gasteiger charge is -2.34. The second-order valence-corrected chi connectivity index (χ2v) is 6.36. The van der Waals surface area contributed by atoms with Gasteiger partial charge in [-0.05, 0) is 26.7 Å². The van der Waals surface area contributed by atoms with E-state index in [-0.39, 0.29) is 0 Å². The summed E-state index contributed by atoms with van der Waals surface area (Å²) in [5.74, 6) is 0. The van der Waals surface area contributed by atoms with Crippen molar-refractivity contribution >= 4 is 0 Å². The third-order valence-corrected chi connectivity index (χ3v) is 4.91. The van der Waals surface area contributed by atoms with Crippen LogP contribution in [0.5, 0.6) is 0 Å². The van der Waals surface area contributed by atoms with Crippen LogP contribution in [0.4, 0.5) is 0 Å². The van der Waals surface area contributed by atoms with Crippen LogP contribution < -0.4 is 5.32 Å². The van der Waals surface area contributed by atoms with E-state index in [1.165, 1.54) is 52.4 Å². The molecule has 0 aromatic carbocycles. The van der Waals surface area contributed by atoms with E-state index in [1.807, 2.05) is 0 Å². The Morgan fingerprint density at radius 2 is 1.50 bits per heavy atom. The first-order chi connectivity index (χ1) is 10.7. The van der Waals surface area contributed by atoms with Crippen molar-refractivity contribution in [1.29, 1.82) is 0 Å². The summed E-state index contributed by atoms with van der Waals surface area (Å²) < 4.78 is 0. The molecule has 1 heterocycles. The van der Waals surface area contributed by atoms with Crippen LogP contribution >= 0.6 is 0 Å². The summed E-state index contributed by atoms with van der Waals surface area (Å²) in [6, 6.07) is 0. The van der Waals surface area contributed by atoms with Gasteiger partial charge in [0, 0.05) is 65.4 Å². The lowest BCUT2D eigenvalue weighted by Crippen LogP contribution is -2.48. The molecule has 22 heavy (non-hydrogen) atoms.